The highest BCUT2D eigenvalue weighted by molar-refractivity contribution is 5.87. The van der Waals surface area contributed by atoms with Crippen molar-refractivity contribution in [1.29, 1.82) is 0 Å². The molecule has 4 aromatic rings. The van der Waals surface area contributed by atoms with Crippen molar-refractivity contribution in [1.82, 2.24) is 9.55 Å². The SMILES string of the molecule is O=C(O)c1ccc(CC(/C=C/c2ccccc2OCCCCCc2ccccc2)CCn2cnc(C(=O)O)c2)cc1. The summed E-state index contributed by atoms with van der Waals surface area (Å²) in [6.45, 7) is 1.26. The van der Waals surface area contributed by atoms with Gasteiger partial charge in [0.1, 0.15) is 5.75 Å². The van der Waals surface area contributed by atoms with E-state index in [1.165, 1.54) is 18.1 Å². The molecule has 0 bridgehead atoms. The largest absolute Gasteiger partial charge is 0.493 e. The van der Waals surface area contributed by atoms with E-state index in [-0.39, 0.29) is 17.2 Å². The second kappa shape index (κ2) is 15.2. The molecular formula is C34H36N2O5. The zero-order valence-electron chi connectivity index (χ0n) is 23.1. The van der Waals surface area contributed by atoms with Gasteiger partial charge in [0.15, 0.2) is 5.69 Å². The summed E-state index contributed by atoms with van der Waals surface area (Å²) in [5, 5.41) is 18.4. The molecule has 1 heterocycles. The van der Waals surface area contributed by atoms with Crippen molar-refractivity contribution in [2.75, 3.05) is 6.61 Å². The maximum absolute atomic E-state index is 11.2. The number of rotatable bonds is 16. The Morgan fingerprint density at radius 2 is 1.61 bits per heavy atom. The van der Waals surface area contributed by atoms with Crippen LogP contribution in [0.1, 0.15) is 63.2 Å². The topological polar surface area (TPSA) is 102 Å². The third-order valence-corrected chi connectivity index (χ3v) is 6.99. The highest BCUT2D eigenvalue weighted by Crippen LogP contribution is 2.23. The molecule has 1 unspecified atom stereocenters. The number of nitrogens with zero attached hydrogens (tertiary/aromatic N) is 2. The monoisotopic (exact) mass is 552 g/mol. The van der Waals surface area contributed by atoms with Crippen LogP contribution >= 0.6 is 0 Å². The van der Waals surface area contributed by atoms with Crippen molar-refractivity contribution >= 4 is 18.0 Å². The third kappa shape index (κ3) is 9.49. The Bertz CT molecular complexity index is 1430. The first-order valence-electron chi connectivity index (χ1n) is 14.0. The smallest absolute Gasteiger partial charge is 0.356 e. The Morgan fingerprint density at radius 3 is 2.34 bits per heavy atom. The van der Waals surface area contributed by atoms with Gasteiger partial charge >= 0.3 is 11.9 Å². The summed E-state index contributed by atoms with van der Waals surface area (Å²) in [7, 11) is 0. The second-order valence-electron chi connectivity index (χ2n) is 10.1. The van der Waals surface area contributed by atoms with Crippen LogP contribution < -0.4 is 4.74 Å². The van der Waals surface area contributed by atoms with Crippen molar-refractivity contribution < 1.29 is 24.5 Å². The summed E-state index contributed by atoms with van der Waals surface area (Å²) < 4.78 is 7.94. The van der Waals surface area contributed by atoms with E-state index in [9.17, 15) is 19.8 Å². The number of para-hydroxylation sites is 1. The van der Waals surface area contributed by atoms with E-state index in [2.05, 4.69) is 41.4 Å². The number of aromatic carboxylic acids is 2. The van der Waals surface area contributed by atoms with E-state index in [4.69, 9.17) is 4.74 Å². The van der Waals surface area contributed by atoms with Crippen LogP contribution in [-0.4, -0.2) is 38.3 Å². The maximum atomic E-state index is 11.2. The minimum absolute atomic E-state index is 0.0208. The van der Waals surface area contributed by atoms with Crippen LogP contribution in [0, 0.1) is 5.92 Å². The molecule has 7 heteroatoms. The van der Waals surface area contributed by atoms with Crippen molar-refractivity contribution in [2.45, 2.75) is 45.1 Å². The first-order chi connectivity index (χ1) is 20.0. The molecule has 0 amide bonds. The van der Waals surface area contributed by atoms with E-state index in [0.29, 0.717) is 19.6 Å². The fourth-order valence-electron chi connectivity index (χ4n) is 4.68. The molecule has 0 saturated carbocycles. The van der Waals surface area contributed by atoms with Crippen LogP contribution in [-0.2, 0) is 19.4 Å². The van der Waals surface area contributed by atoms with Crippen LogP contribution in [0.15, 0.2) is 97.5 Å². The number of unbranched alkanes of at least 4 members (excludes halogenated alkanes) is 2. The number of benzene rings is 3. The number of aryl methyl sites for hydroxylation is 2. The average Bonchev–Trinajstić information content (AvgIpc) is 3.47. The molecule has 0 radical (unpaired) electrons. The normalized spacial score (nSPS) is 11.9. The fraction of sp³-hybridized carbons (Fsp3) is 0.265. The lowest BCUT2D eigenvalue weighted by Gasteiger charge is -2.15. The minimum Gasteiger partial charge on any atom is -0.493 e. The fourth-order valence-corrected chi connectivity index (χ4v) is 4.68. The number of carboxylic acids is 2. The van der Waals surface area contributed by atoms with Gasteiger partial charge in [-0.2, -0.15) is 0 Å². The van der Waals surface area contributed by atoms with Gasteiger partial charge in [-0.15, -0.1) is 0 Å². The summed E-state index contributed by atoms with van der Waals surface area (Å²) >= 11 is 0. The summed E-state index contributed by atoms with van der Waals surface area (Å²) in [6.07, 6.45) is 13.1. The molecule has 0 aliphatic rings. The Morgan fingerprint density at radius 1 is 0.854 bits per heavy atom. The van der Waals surface area contributed by atoms with E-state index in [1.54, 1.807) is 16.7 Å². The summed E-state index contributed by atoms with van der Waals surface area (Å²) in [6, 6.07) is 25.5. The quantitative estimate of drug-likeness (QED) is 0.145. The van der Waals surface area contributed by atoms with Gasteiger partial charge in [-0.25, -0.2) is 14.6 Å². The third-order valence-electron chi connectivity index (χ3n) is 6.99. The number of ether oxygens (including phenoxy) is 1. The number of hydrogen-bond acceptors (Lipinski definition) is 4. The molecule has 212 valence electrons. The number of aromatic nitrogens is 2. The van der Waals surface area contributed by atoms with Gasteiger partial charge in [-0.05, 0) is 73.8 Å². The molecule has 0 aliphatic carbocycles. The van der Waals surface area contributed by atoms with E-state index in [0.717, 1.165) is 49.0 Å². The molecule has 3 aromatic carbocycles. The lowest BCUT2D eigenvalue weighted by Crippen LogP contribution is -2.07. The lowest BCUT2D eigenvalue weighted by atomic mass is 9.94. The summed E-state index contributed by atoms with van der Waals surface area (Å²) in [4.78, 5) is 26.4. The molecule has 0 fully saturated rings. The zero-order chi connectivity index (χ0) is 28.9. The zero-order valence-corrected chi connectivity index (χ0v) is 23.1. The molecule has 0 spiro atoms. The van der Waals surface area contributed by atoms with Crippen LogP contribution in [0.4, 0.5) is 0 Å². The Labute approximate surface area is 240 Å². The standard InChI is InChI=1S/C34H36N2O5/c37-33(38)30-18-15-27(16-19-30)23-28(20-21-36-24-31(34(39)40)35-25-36)14-17-29-12-6-7-13-32(29)41-22-8-2-5-11-26-9-3-1-4-10-26/h1,3-4,6-7,9-10,12-19,24-25,28H,2,5,8,11,20-23H2,(H,37,38)(H,39,40)/b17-14+. The van der Waals surface area contributed by atoms with Gasteiger partial charge in [-0.3, -0.25) is 0 Å². The van der Waals surface area contributed by atoms with Gasteiger partial charge in [0, 0.05) is 18.3 Å². The highest BCUT2D eigenvalue weighted by atomic mass is 16.5. The number of hydrogen-bond donors (Lipinski definition) is 2. The number of carboxylic acid groups (broad SMARTS) is 2. The van der Waals surface area contributed by atoms with Gasteiger partial charge < -0.3 is 19.5 Å². The van der Waals surface area contributed by atoms with Crippen molar-refractivity contribution in [2.24, 2.45) is 5.92 Å². The molecule has 0 saturated heterocycles. The number of allylic oxidation sites excluding steroid dienone is 1. The summed E-state index contributed by atoms with van der Waals surface area (Å²) in [5.74, 6) is -1.04. The van der Waals surface area contributed by atoms with Crippen LogP contribution in [0.5, 0.6) is 5.75 Å². The van der Waals surface area contributed by atoms with Gasteiger partial charge in [0.25, 0.3) is 0 Å². The molecule has 4 rings (SSSR count). The van der Waals surface area contributed by atoms with Crippen LogP contribution in [0.25, 0.3) is 6.08 Å². The number of carbonyl (C=O) groups is 2. The second-order valence-corrected chi connectivity index (χ2v) is 10.1. The predicted molar refractivity (Wildman–Crippen MR) is 159 cm³/mol. The summed E-state index contributed by atoms with van der Waals surface area (Å²) in [5.41, 5.74) is 3.67. The van der Waals surface area contributed by atoms with E-state index in [1.807, 2.05) is 42.5 Å². The maximum Gasteiger partial charge on any atom is 0.356 e. The van der Waals surface area contributed by atoms with Gasteiger partial charge in [0.05, 0.1) is 18.5 Å². The molecule has 7 nitrogen and oxygen atoms in total. The van der Waals surface area contributed by atoms with Gasteiger partial charge in [0.2, 0.25) is 0 Å². The Balaban J connectivity index is 1.37. The van der Waals surface area contributed by atoms with Crippen molar-refractivity contribution in [3.8, 4) is 5.75 Å². The van der Waals surface area contributed by atoms with Crippen LogP contribution in [0.3, 0.4) is 0 Å². The molecule has 1 atom stereocenters. The van der Waals surface area contributed by atoms with Gasteiger partial charge in [-0.1, -0.05) is 72.8 Å². The average molecular weight is 553 g/mol. The molecule has 41 heavy (non-hydrogen) atoms. The molecule has 1 aromatic heterocycles. The molecule has 2 N–H and O–H groups in total. The Kier molecular flexibility index (Phi) is 10.9. The van der Waals surface area contributed by atoms with Crippen LogP contribution in [0.2, 0.25) is 0 Å². The molecular weight excluding hydrogens is 516 g/mol. The van der Waals surface area contributed by atoms with E-state index < -0.39 is 11.9 Å². The van der Waals surface area contributed by atoms with Crippen molar-refractivity contribution in [3.63, 3.8) is 0 Å². The predicted octanol–water partition coefficient (Wildman–Crippen LogP) is 7.03. The first-order valence-corrected chi connectivity index (χ1v) is 14.0. The highest BCUT2D eigenvalue weighted by Gasteiger charge is 2.12. The van der Waals surface area contributed by atoms with Crippen molar-refractivity contribution in [3.05, 3.63) is 125 Å². The van der Waals surface area contributed by atoms with E-state index >= 15 is 0 Å². The minimum atomic E-state index is -1.05. The lowest BCUT2D eigenvalue weighted by molar-refractivity contribution is 0.0682. The first kappa shape index (κ1) is 29.3. The number of imidazole rings is 1. The molecule has 0 aliphatic heterocycles. The Hall–Kier alpha value is -4.65.